The van der Waals surface area contributed by atoms with Gasteiger partial charge in [0.1, 0.15) is 9.84 Å². The maximum Gasteiger partial charge on any atom is 0.150 e. The molecule has 0 aliphatic heterocycles. The largest absolute Gasteiger partial charge is 0.394 e. The van der Waals surface area contributed by atoms with Gasteiger partial charge >= 0.3 is 0 Å². The lowest BCUT2D eigenvalue weighted by atomic mass is 10.1. The molecular weight excluding hydrogens is 202 g/mol. The van der Waals surface area contributed by atoms with Crippen molar-refractivity contribution in [3.63, 3.8) is 0 Å². The highest BCUT2D eigenvalue weighted by Gasteiger charge is 2.15. The standard InChI is InChI=1S/C9H21NO3S/c1-4-14(12,13)7-5-6-10-9(2,3)8-11/h10-11H,4-8H2,1-3H3. The van der Waals surface area contributed by atoms with E-state index in [-0.39, 0.29) is 23.7 Å². The van der Waals surface area contributed by atoms with Gasteiger partial charge in [-0.2, -0.15) is 0 Å². The molecule has 0 saturated heterocycles. The van der Waals surface area contributed by atoms with Crippen molar-refractivity contribution < 1.29 is 13.5 Å². The van der Waals surface area contributed by atoms with Gasteiger partial charge in [-0.1, -0.05) is 6.92 Å². The number of nitrogens with one attached hydrogen (secondary N) is 1. The summed E-state index contributed by atoms with van der Waals surface area (Å²) < 4.78 is 22.2. The van der Waals surface area contributed by atoms with Gasteiger partial charge < -0.3 is 10.4 Å². The van der Waals surface area contributed by atoms with Crippen molar-refractivity contribution in [1.82, 2.24) is 5.32 Å². The Kier molecular flexibility index (Phi) is 5.63. The number of hydrogen-bond acceptors (Lipinski definition) is 4. The lowest BCUT2D eigenvalue weighted by Gasteiger charge is -2.23. The molecule has 86 valence electrons. The van der Waals surface area contributed by atoms with Gasteiger partial charge in [-0.15, -0.1) is 0 Å². The van der Waals surface area contributed by atoms with Crippen LogP contribution in [0, 0.1) is 0 Å². The smallest absolute Gasteiger partial charge is 0.150 e. The van der Waals surface area contributed by atoms with Gasteiger partial charge in [-0.05, 0) is 26.8 Å². The molecule has 0 unspecified atom stereocenters. The van der Waals surface area contributed by atoms with Crippen LogP contribution in [0.15, 0.2) is 0 Å². The highest BCUT2D eigenvalue weighted by molar-refractivity contribution is 7.91. The second kappa shape index (κ2) is 5.68. The quantitative estimate of drug-likeness (QED) is 0.604. The van der Waals surface area contributed by atoms with Crippen LogP contribution in [-0.2, 0) is 9.84 Å². The van der Waals surface area contributed by atoms with Gasteiger partial charge in [-0.25, -0.2) is 8.42 Å². The monoisotopic (exact) mass is 223 g/mol. The van der Waals surface area contributed by atoms with Crippen molar-refractivity contribution in [1.29, 1.82) is 0 Å². The summed E-state index contributed by atoms with van der Waals surface area (Å²) in [5.41, 5.74) is -0.323. The van der Waals surface area contributed by atoms with Crippen LogP contribution in [-0.4, -0.2) is 43.7 Å². The first kappa shape index (κ1) is 13.9. The molecule has 0 bridgehead atoms. The Balaban J connectivity index is 3.68. The predicted octanol–water partition coefficient (Wildman–Crippen LogP) is 0.172. The molecule has 0 fully saturated rings. The molecule has 0 rings (SSSR count). The third-order valence-corrected chi connectivity index (χ3v) is 3.86. The average Bonchev–Trinajstić information content (AvgIpc) is 2.13. The first-order valence-corrected chi connectivity index (χ1v) is 6.71. The summed E-state index contributed by atoms with van der Waals surface area (Å²) in [5, 5.41) is 12.0. The summed E-state index contributed by atoms with van der Waals surface area (Å²) in [6.45, 7) is 6.07. The van der Waals surface area contributed by atoms with E-state index in [9.17, 15) is 8.42 Å². The van der Waals surface area contributed by atoms with E-state index in [1.165, 1.54) is 0 Å². The molecular formula is C9H21NO3S. The number of rotatable bonds is 7. The van der Waals surface area contributed by atoms with E-state index in [4.69, 9.17) is 5.11 Å². The summed E-state index contributed by atoms with van der Waals surface area (Å²) >= 11 is 0. The summed E-state index contributed by atoms with van der Waals surface area (Å²) in [6, 6.07) is 0. The van der Waals surface area contributed by atoms with E-state index in [2.05, 4.69) is 5.32 Å². The van der Waals surface area contributed by atoms with E-state index in [1.54, 1.807) is 6.92 Å². The molecule has 5 heteroatoms. The first-order valence-electron chi connectivity index (χ1n) is 4.89. The fourth-order valence-electron chi connectivity index (χ4n) is 0.919. The zero-order valence-corrected chi connectivity index (χ0v) is 10.0. The maximum absolute atomic E-state index is 11.1. The molecule has 2 N–H and O–H groups in total. The van der Waals surface area contributed by atoms with Gasteiger partial charge in [0.2, 0.25) is 0 Å². The van der Waals surface area contributed by atoms with Crippen LogP contribution in [0.2, 0.25) is 0 Å². The Morgan fingerprint density at radius 3 is 2.36 bits per heavy atom. The van der Waals surface area contributed by atoms with E-state index >= 15 is 0 Å². The number of aliphatic hydroxyl groups excluding tert-OH is 1. The molecule has 0 heterocycles. The van der Waals surface area contributed by atoms with Crippen molar-refractivity contribution in [3.05, 3.63) is 0 Å². The fraction of sp³-hybridized carbons (Fsp3) is 1.00. The van der Waals surface area contributed by atoms with Crippen LogP contribution >= 0.6 is 0 Å². The third-order valence-electron chi connectivity index (χ3n) is 2.07. The van der Waals surface area contributed by atoms with Crippen LogP contribution < -0.4 is 5.32 Å². The Labute approximate surface area is 86.6 Å². The van der Waals surface area contributed by atoms with Gasteiger partial charge in [0.25, 0.3) is 0 Å². The summed E-state index contributed by atoms with van der Waals surface area (Å²) in [4.78, 5) is 0. The Morgan fingerprint density at radius 1 is 1.36 bits per heavy atom. The van der Waals surface area contributed by atoms with Gasteiger partial charge in [0.05, 0.1) is 12.4 Å². The van der Waals surface area contributed by atoms with E-state index in [0.29, 0.717) is 13.0 Å². The lowest BCUT2D eigenvalue weighted by Crippen LogP contribution is -2.43. The summed E-state index contributed by atoms with van der Waals surface area (Å²) in [7, 11) is -2.85. The minimum absolute atomic E-state index is 0.0491. The molecule has 4 nitrogen and oxygen atoms in total. The maximum atomic E-state index is 11.1. The SMILES string of the molecule is CCS(=O)(=O)CCCNC(C)(C)CO. The number of hydrogen-bond donors (Lipinski definition) is 2. The molecule has 0 saturated carbocycles. The van der Waals surface area contributed by atoms with Crippen molar-refractivity contribution in [2.24, 2.45) is 0 Å². The molecule has 0 aliphatic rings. The summed E-state index contributed by atoms with van der Waals surface area (Å²) in [6.07, 6.45) is 0.597. The topological polar surface area (TPSA) is 66.4 Å². The highest BCUT2D eigenvalue weighted by atomic mass is 32.2. The van der Waals surface area contributed by atoms with Crippen LogP contribution in [0.1, 0.15) is 27.2 Å². The second-order valence-electron chi connectivity index (χ2n) is 4.06. The van der Waals surface area contributed by atoms with Crippen molar-refractivity contribution in [2.75, 3.05) is 24.7 Å². The Morgan fingerprint density at radius 2 is 1.93 bits per heavy atom. The van der Waals surface area contributed by atoms with Gasteiger partial charge in [-0.3, -0.25) is 0 Å². The minimum atomic E-state index is -2.85. The molecule has 0 aromatic heterocycles. The fourth-order valence-corrected chi connectivity index (χ4v) is 1.79. The zero-order chi connectivity index (χ0) is 11.2. The molecule has 0 radical (unpaired) electrons. The predicted molar refractivity (Wildman–Crippen MR) is 58.1 cm³/mol. The lowest BCUT2D eigenvalue weighted by molar-refractivity contribution is 0.189. The van der Waals surface area contributed by atoms with E-state index in [1.807, 2.05) is 13.8 Å². The van der Waals surface area contributed by atoms with Crippen LogP contribution in [0.5, 0.6) is 0 Å². The highest BCUT2D eigenvalue weighted by Crippen LogP contribution is 2.00. The molecule has 0 amide bonds. The third kappa shape index (κ3) is 6.34. The van der Waals surface area contributed by atoms with Crippen LogP contribution in [0.25, 0.3) is 0 Å². The van der Waals surface area contributed by atoms with Crippen molar-refractivity contribution in [2.45, 2.75) is 32.7 Å². The molecule has 0 atom stereocenters. The first-order chi connectivity index (χ1) is 6.33. The van der Waals surface area contributed by atoms with E-state index in [0.717, 1.165) is 0 Å². The van der Waals surface area contributed by atoms with Crippen LogP contribution in [0.3, 0.4) is 0 Å². The molecule has 0 spiro atoms. The average molecular weight is 223 g/mol. The van der Waals surface area contributed by atoms with Gasteiger partial charge in [0, 0.05) is 11.3 Å². The van der Waals surface area contributed by atoms with Gasteiger partial charge in [0.15, 0.2) is 0 Å². The van der Waals surface area contributed by atoms with Crippen LogP contribution in [0.4, 0.5) is 0 Å². The number of sulfone groups is 1. The molecule has 0 aliphatic carbocycles. The summed E-state index contributed by atoms with van der Waals surface area (Å²) in [5.74, 6) is 0.425. The normalized spacial score (nSPS) is 13.1. The zero-order valence-electron chi connectivity index (χ0n) is 9.21. The van der Waals surface area contributed by atoms with Crippen molar-refractivity contribution in [3.8, 4) is 0 Å². The minimum Gasteiger partial charge on any atom is -0.394 e. The second-order valence-corrected chi connectivity index (χ2v) is 6.53. The molecule has 14 heavy (non-hydrogen) atoms. The Hall–Kier alpha value is -0.130. The number of aliphatic hydroxyl groups is 1. The Bertz CT molecular complexity index is 247. The molecule has 0 aromatic rings. The molecule has 0 aromatic carbocycles. The van der Waals surface area contributed by atoms with Crippen molar-refractivity contribution >= 4 is 9.84 Å². The van der Waals surface area contributed by atoms with E-state index < -0.39 is 9.84 Å².